The molecule has 0 aliphatic carbocycles. The molecule has 4 heterocycles. The summed E-state index contributed by atoms with van der Waals surface area (Å²) in [6.07, 6.45) is 1.72. The van der Waals surface area contributed by atoms with Gasteiger partial charge < -0.3 is 10.6 Å². The van der Waals surface area contributed by atoms with Crippen LogP contribution in [0.5, 0.6) is 0 Å². The van der Waals surface area contributed by atoms with Crippen molar-refractivity contribution in [2.24, 2.45) is 0 Å². The summed E-state index contributed by atoms with van der Waals surface area (Å²) >= 11 is 13.0. The Morgan fingerprint density at radius 1 is 0.958 bits per heavy atom. The van der Waals surface area contributed by atoms with E-state index in [1.54, 1.807) is 24.3 Å². The first kappa shape index (κ1) is 33.5. The van der Waals surface area contributed by atoms with Crippen LogP contribution < -0.4 is 10.6 Å². The minimum absolute atomic E-state index is 0.108. The monoisotopic (exact) mass is 693 g/mol. The number of alkyl halides is 3. The van der Waals surface area contributed by atoms with Crippen LogP contribution >= 0.6 is 23.2 Å². The SMILES string of the molecule is CC(C)(C)N1CCC(n2cc([C@@H](Nc3cc(Cl)c4ncc(C#N)c(Nc5ccc(C(F)(F)F)nc5)c4c3)c3ccc(Cl)cc3)nn2)CC1. The van der Waals surface area contributed by atoms with E-state index in [1.165, 1.54) is 12.3 Å². The van der Waals surface area contributed by atoms with Crippen LogP contribution in [0.4, 0.5) is 30.2 Å². The molecule has 14 heteroatoms. The highest BCUT2D eigenvalue weighted by molar-refractivity contribution is 6.36. The topological polar surface area (TPSA) is 108 Å². The van der Waals surface area contributed by atoms with Crippen LogP contribution in [0, 0.1) is 11.3 Å². The van der Waals surface area contributed by atoms with Gasteiger partial charge in [0.05, 0.1) is 52.0 Å². The number of benzene rings is 2. The molecule has 0 radical (unpaired) electrons. The first-order valence-corrected chi connectivity index (χ1v) is 16.1. The Balaban J connectivity index is 1.34. The molecule has 1 atom stereocenters. The Bertz CT molecular complexity index is 1960. The number of piperidine rings is 1. The molecule has 0 bridgehead atoms. The lowest BCUT2D eigenvalue weighted by Gasteiger charge is -2.40. The summed E-state index contributed by atoms with van der Waals surface area (Å²) < 4.78 is 41.3. The van der Waals surface area contributed by atoms with Gasteiger partial charge in [-0.15, -0.1) is 5.10 Å². The summed E-state index contributed by atoms with van der Waals surface area (Å²) in [5, 5.41) is 27.0. The van der Waals surface area contributed by atoms with Crippen molar-refractivity contribution in [2.45, 2.75) is 57.4 Å². The van der Waals surface area contributed by atoms with E-state index in [4.69, 9.17) is 23.2 Å². The van der Waals surface area contributed by atoms with Crippen molar-refractivity contribution < 1.29 is 13.2 Å². The van der Waals surface area contributed by atoms with E-state index < -0.39 is 17.9 Å². The number of pyridine rings is 2. The van der Waals surface area contributed by atoms with E-state index in [2.05, 4.69) is 62.7 Å². The van der Waals surface area contributed by atoms with Crippen LogP contribution in [0.15, 0.2) is 67.1 Å². The molecule has 48 heavy (non-hydrogen) atoms. The van der Waals surface area contributed by atoms with Crippen LogP contribution in [0.3, 0.4) is 0 Å². The highest BCUT2D eigenvalue weighted by Crippen LogP contribution is 2.37. The Morgan fingerprint density at radius 3 is 2.31 bits per heavy atom. The molecule has 1 aliphatic rings. The van der Waals surface area contributed by atoms with Gasteiger partial charge in [0.25, 0.3) is 0 Å². The lowest BCUT2D eigenvalue weighted by molar-refractivity contribution is -0.141. The fourth-order valence-corrected chi connectivity index (χ4v) is 6.29. The van der Waals surface area contributed by atoms with E-state index in [9.17, 15) is 18.4 Å². The predicted molar refractivity (Wildman–Crippen MR) is 181 cm³/mol. The van der Waals surface area contributed by atoms with E-state index in [0.29, 0.717) is 38.0 Å². The van der Waals surface area contributed by atoms with Gasteiger partial charge >= 0.3 is 6.18 Å². The van der Waals surface area contributed by atoms with E-state index in [-0.39, 0.29) is 22.8 Å². The molecule has 1 aliphatic heterocycles. The first-order valence-electron chi connectivity index (χ1n) is 15.3. The first-order chi connectivity index (χ1) is 22.8. The maximum atomic E-state index is 13.1. The number of hydrogen-bond acceptors (Lipinski definition) is 8. The zero-order valence-corrected chi connectivity index (χ0v) is 27.9. The molecule has 0 amide bonds. The number of nitrogens with zero attached hydrogens (tertiary/aromatic N) is 7. The number of aromatic nitrogens is 5. The number of halogens is 5. The number of hydrogen-bond donors (Lipinski definition) is 2. The van der Waals surface area contributed by atoms with Crippen molar-refractivity contribution in [3.05, 3.63) is 99.7 Å². The molecule has 0 unspecified atom stereocenters. The van der Waals surface area contributed by atoms with Crippen LogP contribution in [0.25, 0.3) is 10.9 Å². The van der Waals surface area contributed by atoms with Crippen LogP contribution in [-0.4, -0.2) is 48.5 Å². The van der Waals surface area contributed by atoms with Gasteiger partial charge in [0, 0.05) is 40.9 Å². The average molecular weight is 695 g/mol. The van der Waals surface area contributed by atoms with Crippen LogP contribution in [-0.2, 0) is 6.18 Å². The zero-order chi connectivity index (χ0) is 34.2. The third kappa shape index (κ3) is 7.18. The van der Waals surface area contributed by atoms with Crippen LogP contribution in [0.1, 0.15) is 68.2 Å². The average Bonchev–Trinajstić information content (AvgIpc) is 3.54. The molecular formula is C34H32Cl2F3N9. The fourth-order valence-electron chi connectivity index (χ4n) is 5.89. The number of anilines is 3. The molecule has 2 N–H and O–H groups in total. The Hall–Kier alpha value is -4.44. The van der Waals surface area contributed by atoms with Crippen molar-refractivity contribution in [3.8, 4) is 6.07 Å². The second-order valence-corrected chi connectivity index (χ2v) is 13.6. The summed E-state index contributed by atoms with van der Waals surface area (Å²) in [5.41, 5.74) is 2.39. The minimum Gasteiger partial charge on any atom is -0.373 e. The molecule has 5 aromatic rings. The lowest BCUT2D eigenvalue weighted by atomic mass is 9.98. The Kier molecular flexibility index (Phi) is 9.22. The van der Waals surface area contributed by atoms with Crippen molar-refractivity contribution >= 4 is 51.2 Å². The standard InChI is InChI=1S/C34H32Cl2F3N9/c1-33(2,3)47-12-10-25(11-13-47)48-19-28(45-46-48)31(20-4-6-22(35)7-5-20)44-24-14-26-30(21(16-40)17-42-32(26)27(36)15-24)43-23-8-9-29(41-18-23)34(37,38)39/h4-9,14-15,17-19,25,31,44H,10-13H2,1-3H3,(H,42,43)/t31-/m0/s1. The summed E-state index contributed by atoms with van der Waals surface area (Å²) in [6, 6.07) is 14.9. The highest BCUT2D eigenvalue weighted by atomic mass is 35.5. The quantitative estimate of drug-likeness (QED) is 0.174. The zero-order valence-electron chi connectivity index (χ0n) is 26.4. The number of nitrogens with one attached hydrogen (secondary N) is 2. The van der Waals surface area contributed by atoms with E-state index in [1.807, 2.05) is 23.0 Å². The maximum Gasteiger partial charge on any atom is 0.433 e. The predicted octanol–water partition coefficient (Wildman–Crippen LogP) is 8.80. The molecule has 3 aromatic heterocycles. The van der Waals surface area contributed by atoms with Gasteiger partial charge in [-0.1, -0.05) is 40.5 Å². The van der Waals surface area contributed by atoms with Gasteiger partial charge in [-0.3, -0.25) is 9.88 Å². The number of nitriles is 1. The lowest BCUT2D eigenvalue weighted by Crippen LogP contribution is -2.46. The van der Waals surface area contributed by atoms with Gasteiger partial charge in [0.2, 0.25) is 0 Å². The molecule has 1 saturated heterocycles. The molecule has 9 nitrogen and oxygen atoms in total. The largest absolute Gasteiger partial charge is 0.433 e. The van der Waals surface area contributed by atoms with E-state index >= 15 is 0 Å². The van der Waals surface area contributed by atoms with Gasteiger partial charge in [-0.05, 0) is 75.6 Å². The number of likely N-dealkylation sites (tertiary alicyclic amines) is 1. The van der Waals surface area contributed by atoms with Crippen molar-refractivity contribution in [3.63, 3.8) is 0 Å². The van der Waals surface area contributed by atoms with Gasteiger partial charge in [-0.25, -0.2) is 9.67 Å². The highest BCUT2D eigenvalue weighted by Gasteiger charge is 2.32. The van der Waals surface area contributed by atoms with Crippen molar-refractivity contribution in [2.75, 3.05) is 23.7 Å². The third-order valence-corrected chi connectivity index (χ3v) is 9.03. The fraction of sp³-hybridized carbons (Fsp3) is 0.324. The summed E-state index contributed by atoms with van der Waals surface area (Å²) in [6.45, 7) is 8.62. The minimum atomic E-state index is -4.58. The maximum absolute atomic E-state index is 13.1. The van der Waals surface area contributed by atoms with Crippen LogP contribution in [0.2, 0.25) is 10.0 Å². The van der Waals surface area contributed by atoms with Crippen molar-refractivity contribution in [1.29, 1.82) is 5.26 Å². The molecule has 6 rings (SSSR count). The molecule has 1 fully saturated rings. The molecule has 2 aromatic carbocycles. The summed E-state index contributed by atoms with van der Waals surface area (Å²) in [4.78, 5) is 10.4. The molecule has 0 saturated carbocycles. The third-order valence-electron chi connectivity index (χ3n) is 8.49. The molecule has 0 spiro atoms. The number of rotatable bonds is 7. The second kappa shape index (κ2) is 13.2. The normalized spacial score (nSPS) is 15.3. The summed E-state index contributed by atoms with van der Waals surface area (Å²) in [7, 11) is 0. The Morgan fingerprint density at radius 2 is 1.69 bits per heavy atom. The number of fused-ring (bicyclic) bond motifs is 1. The van der Waals surface area contributed by atoms with E-state index in [0.717, 1.165) is 43.8 Å². The van der Waals surface area contributed by atoms with Gasteiger partial charge in [0.1, 0.15) is 17.5 Å². The van der Waals surface area contributed by atoms with Crippen molar-refractivity contribution in [1.82, 2.24) is 29.9 Å². The van der Waals surface area contributed by atoms with Gasteiger partial charge in [0.15, 0.2) is 0 Å². The second-order valence-electron chi connectivity index (χ2n) is 12.7. The Labute approximate surface area is 285 Å². The summed E-state index contributed by atoms with van der Waals surface area (Å²) in [5.74, 6) is 0. The molecular weight excluding hydrogens is 662 g/mol. The van der Waals surface area contributed by atoms with Gasteiger partial charge in [-0.2, -0.15) is 18.4 Å². The molecule has 248 valence electrons. The smallest absolute Gasteiger partial charge is 0.373 e.